The summed E-state index contributed by atoms with van der Waals surface area (Å²) < 4.78 is 0. The Morgan fingerprint density at radius 1 is 0.919 bits per heavy atom. The molecule has 3 amide bonds. The lowest BCUT2D eigenvalue weighted by molar-refractivity contribution is -0.131. The highest BCUT2D eigenvalue weighted by atomic mass is 16.3. The molecule has 4 N–H and O–H groups in total. The van der Waals surface area contributed by atoms with E-state index in [1.54, 1.807) is 0 Å². The Balaban J connectivity index is 2.07. The molecule has 4 atom stereocenters. The molecule has 0 aliphatic carbocycles. The maximum absolute atomic E-state index is 13.4. The summed E-state index contributed by atoms with van der Waals surface area (Å²) in [5, 5.41) is 21.7. The Labute approximate surface area is 221 Å². The lowest BCUT2D eigenvalue weighted by atomic mass is 9.94. The largest absolute Gasteiger partial charge is 0.390 e. The third-order valence-electron chi connectivity index (χ3n) is 6.75. The minimum Gasteiger partial charge on any atom is -0.390 e. The Hall–Kier alpha value is -2.93. The second-order valence-corrected chi connectivity index (χ2v) is 10.5. The van der Waals surface area contributed by atoms with Crippen molar-refractivity contribution in [1.82, 2.24) is 16.0 Å². The zero-order valence-electron chi connectivity index (χ0n) is 23.0. The number of hydrogen-bond donors (Lipinski definition) is 4. The van der Waals surface area contributed by atoms with E-state index in [1.807, 2.05) is 77.1 Å². The van der Waals surface area contributed by atoms with Crippen molar-refractivity contribution >= 4 is 28.5 Å². The number of aliphatic hydroxyl groups excluding tert-OH is 1. The molecule has 2 aromatic carbocycles. The van der Waals surface area contributed by atoms with Gasteiger partial charge in [0.25, 0.3) is 0 Å². The molecule has 0 aliphatic rings. The van der Waals surface area contributed by atoms with Crippen molar-refractivity contribution in [3.05, 3.63) is 48.0 Å². The van der Waals surface area contributed by atoms with Crippen LogP contribution in [0.1, 0.15) is 72.3 Å². The van der Waals surface area contributed by atoms with Crippen molar-refractivity contribution in [2.45, 2.75) is 91.3 Å². The number of fused-ring (bicyclic) bond motifs is 1. The van der Waals surface area contributed by atoms with Crippen LogP contribution in [0.4, 0.5) is 0 Å². The number of unbranched alkanes of at least 4 members (excludes halogenated alkanes) is 1. The monoisotopic (exact) mass is 511 g/mol. The maximum Gasteiger partial charge on any atom is 0.243 e. The molecule has 0 saturated heterocycles. The summed E-state index contributed by atoms with van der Waals surface area (Å²) in [7, 11) is 0. The van der Waals surface area contributed by atoms with E-state index in [2.05, 4.69) is 16.0 Å². The van der Waals surface area contributed by atoms with Crippen molar-refractivity contribution < 1.29 is 19.5 Å². The summed E-state index contributed by atoms with van der Waals surface area (Å²) in [5.74, 6) is -0.696. The lowest BCUT2D eigenvalue weighted by Crippen LogP contribution is -2.55. The number of aliphatic hydroxyl groups is 1. The van der Waals surface area contributed by atoms with Crippen LogP contribution < -0.4 is 16.0 Å². The van der Waals surface area contributed by atoms with E-state index in [0.29, 0.717) is 19.4 Å². The Morgan fingerprint density at radius 3 is 2.27 bits per heavy atom. The molecule has 0 radical (unpaired) electrons. The first-order chi connectivity index (χ1) is 17.6. The molecule has 0 bridgehead atoms. The highest BCUT2D eigenvalue weighted by molar-refractivity contribution is 5.90. The third-order valence-corrected chi connectivity index (χ3v) is 6.75. The number of benzene rings is 2. The first-order valence-corrected chi connectivity index (χ1v) is 13.7. The van der Waals surface area contributed by atoms with Crippen LogP contribution in [0.2, 0.25) is 0 Å². The van der Waals surface area contributed by atoms with Gasteiger partial charge in [-0.15, -0.1) is 0 Å². The summed E-state index contributed by atoms with van der Waals surface area (Å²) >= 11 is 0. The van der Waals surface area contributed by atoms with E-state index >= 15 is 0 Å². The summed E-state index contributed by atoms with van der Waals surface area (Å²) in [6.07, 6.45) is 2.14. The molecule has 37 heavy (non-hydrogen) atoms. The van der Waals surface area contributed by atoms with Gasteiger partial charge in [0.05, 0.1) is 25.0 Å². The minimum atomic E-state index is -1.01. The summed E-state index contributed by atoms with van der Waals surface area (Å²) in [6.45, 7) is 10.5. The summed E-state index contributed by atoms with van der Waals surface area (Å²) in [6, 6.07) is 12.6. The van der Waals surface area contributed by atoms with E-state index < -0.39 is 18.2 Å². The van der Waals surface area contributed by atoms with E-state index in [1.165, 1.54) is 0 Å². The SMILES string of the molecule is CCCCNC(=O)C[C@H](O)[C@H](CC(C)C)NC(=O)[C@@H](NC(=O)Cc1ccc2ccccc2c1)C(C)CC. The van der Waals surface area contributed by atoms with E-state index in [9.17, 15) is 19.5 Å². The molecule has 0 fully saturated rings. The van der Waals surface area contributed by atoms with E-state index in [0.717, 1.165) is 29.2 Å². The average molecular weight is 512 g/mol. The highest BCUT2D eigenvalue weighted by Gasteiger charge is 2.31. The van der Waals surface area contributed by atoms with Crippen molar-refractivity contribution in [3.63, 3.8) is 0 Å². The molecule has 2 aromatic rings. The molecule has 0 spiro atoms. The van der Waals surface area contributed by atoms with E-state index in [-0.39, 0.29) is 42.4 Å². The first kappa shape index (κ1) is 30.3. The minimum absolute atomic E-state index is 0.0797. The Kier molecular flexibility index (Phi) is 12.6. The van der Waals surface area contributed by atoms with Gasteiger partial charge in [-0.2, -0.15) is 0 Å². The van der Waals surface area contributed by atoms with Crippen LogP contribution in [0, 0.1) is 11.8 Å². The van der Waals surface area contributed by atoms with Gasteiger partial charge in [0.2, 0.25) is 17.7 Å². The quantitative estimate of drug-likeness (QED) is 0.270. The smallest absolute Gasteiger partial charge is 0.243 e. The number of hydrogen-bond acceptors (Lipinski definition) is 4. The number of carbonyl (C=O) groups excluding carboxylic acids is 3. The Bertz CT molecular complexity index is 1020. The standard InChI is InChI=1S/C30H45N3O4/c1-6-8-15-31-27(35)19-26(34)25(16-20(3)4)32-30(37)29(21(5)7-2)33-28(36)18-22-13-14-23-11-9-10-12-24(23)17-22/h9-14,17,20-21,25-26,29,34H,6-8,15-16,18-19H2,1-5H3,(H,31,35)(H,32,37)(H,33,36)/t21?,25-,26-,29-/m0/s1. The molecule has 7 nitrogen and oxygen atoms in total. The molecular formula is C30H45N3O4. The summed E-state index contributed by atoms with van der Waals surface area (Å²) in [5.41, 5.74) is 0.877. The van der Waals surface area contributed by atoms with Crippen molar-refractivity contribution in [3.8, 4) is 0 Å². The van der Waals surface area contributed by atoms with Crippen LogP contribution in [0.15, 0.2) is 42.5 Å². The molecular weight excluding hydrogens is 466 g/mol. The molecule has 0 aliphatic heterocycles. The number of rotatable bonds is 15. The molecule has 204 valence electrons. The van der Waals surface area contributed by atoms with Gasteiger partial charge >= 0.3 is 0 Å². The molecule has 1 unspecified atom stereocenters. The molecule has 0 saturated carbocycles. The fraction of sp³-hybridized carbons (Fsp3) is 0.567. The maximum atomic E-state index is 13.4. The first-order valence-electron chi connectivity index (χ1n) is 13.7. The molecule has 0 heterocycles. The van der Waals surface area contributed by atoms with Crippen LogP contribution in [0.5, 0.6) is 0 Å². The van der Waals surface area contributed by atoms with Gasteiger partial charge in [-0.05, 0) is 41.0 Å². The van der Waals surface area contributed by atoms with Gasteiger partial charge in [0, 0.05) is 6.54 Å². The van der Waals surface area contributed by atoms with Crippen LogP contribution in [-0.4, -0.2) is 47.6 Å². The zero-order valence-corrected chi connectivity index (χ0v) is 23.0. The fourth-order valence-corrected chi connectivity index (χ4v) is 4.36. The van der Waals surface area contributed by atoms with Gasteiger partial charge in [-0.3, -0.25) is 14.4 Å². The zero-order chi connectivity index (χ0) is 27.4. The van der Waals surface area contributed by atoms with Gasteiger partial charge in [-0.1, -0.05) is 89.9 Å². The Morgan fingerprint density at radius 2 is 1.62 bits per heavy atom. The number of nitrogens with one attached hydrogen (secondary N) is 3. The fourth-order valence-electron chi connectivity index (χ4n) is 4.36. The second-order valence-electron chi connectivity index (χ2n) is 10.5. The third kappa shape index (κ3) is 10.2. The van der Waals surface area contributed by atoms with Gasteiger partial charge in [-0.25, -0.2) is 0 Å². The van der Waals surface area contributed by atoms with E-state index in [4.69, 9.17) is 0 Å². The predicted octanol–water partition coefficient (Wildman–Crippen LogP) is 4.11. The van der Waals surface area contributed by atoms with Crippen LogP contribution >= 0.6 is 0 Å². The van der Waals surface area contributed by atoms with Crippen molar-refractivity contribution in [1.29, 1.82) is 0 Å². The van der Waals surface area contributed by atoms with Crippen LogP contribution in [0.3, 0.4) is 0 Å². The number of amides is 3. The van der Waals surface area contributed by atoms with Gasteiger partial charge < -0.3 is 21.1 Å². The topological polar surface area (TPSA) is 108 Å². The average Bonchev–Trinajstić information content (AvgIpc) is 2.86. The molecule has 0 aromatic heterocycles. The van der Waals surface area contributed by atoms with Crippen molar-refractivity contribution in [2.75, 3.05) is 6.54 Å². The molecule has 7 heteroatoms. The van der Waals surface area contributed by atoms with Crippen LogP contribution in [0.25, 0.3) is 10.8 Å². The number of carbonyl (C=O) groups is 3. The van der Waals surface area contributed by atoms with Gasteiger partial charge in [0.1, 0.15) is 6.04 Å². The van der Waals surface area contributed by atoms with Gasteiger partial charge in [0.15, 0.2) is 0 Å². The van der Waals surface area contributed by atoms with Crippen molar-refractivity contribution in [2.24, 2.45) is 11.8 Å². The predicted molar refractivity (Wildman–Crippen MR) is 149 cm³/mol. The normalized spacial score (nSPS) is 14.6. The van der Waals surface area contributed by atoms with Crippen LogP contribution in [-0.2, 0) is 20.8 Å². The highest BCUT2D eigenvalue weighted by Crippen LogP contribution is 2.17. The molecule has 2 rings (SSSR count). The summed E-state index contributed by atoms with van der Waals surface area (Å²) in [4.78, 5) is 38.6. The second kappa shape index (κ2) is 15.4. The lowest BCUT2D eigenvalue weighted by Gasteiger charge is -2.30.